The Morgan fingerprint density at radius 1 is 0.818 bits per heavy atom. The van der Waals surface area contributed by atoms with E-state index in [0.29, 0.717) is 19.8 Å². The first kappa shape index (κ1) is 23.9. The van der Waals surface area contributed by atoms with E-state index in [1.54, 1.807) is 0 Å². The normalized spacial score (nSPS) is 19.4. The van der Waals surface area contributed by atoms with Crippen LogP contribution in [0.15, 0.2) is 91.0 Å². The first-order valence-corrected chi connectivity index (χ1v) is 13.9. The molecule has 0 saturated carbocycles. The Labute approximate surface area is 199 Å². The highest BCUT2D eigenvalue weighted by atomic mass is 28.4. The molecule has 3 aromatic rings. The van der Waals surface area contributed by atoms with Crippen LogP contribution in [0.1, 0.15) is 39.2 Å². The van der Waals surface area contributed by atoms with Crippen molar-refractivity contribution in [3.63, 3.8) is 0 Å². The molecule has 2 atom stereocenters. The van der Waals surface area contributed by atoms with Gasteiger partial charge in [-0.25, -0.2) is 0 Å². The molecule has 0 amide bonds. The van der Waals surface area contributed by atoms with Crippen LogP contribution in [0, 0.1) is 0 Å². The van der Waals surface area contributed by atoms with Crippen LogP contribution in [-0.4, -0.2) is 33.7 Å². The number of ether oxygens (including phenoxy) is 2. The van der Waals surface area contributed by atoms with Crippen molar-refractivity contribution in [2.45, 2.75) is 57.5 Å². The quantitative estimate of drug-likeness (QED) is 0.426. The summed E-state index contributed by atoms with van der Waals surface area (Å²) in [6, 6.07) is 32.1. The SMILES string of the molecule is CC(C)(C)[Si](OC1CCOC(COCc2ccccc2)C1)(c1ccccc1)c1ccccc1. The molecular weight excluding hydrogens is 424 g/mol. The van der Waals surface area contributed by atoms with Crippen molar-refractivity contribution in [3.05, 3.63) is 96.6 Å². The molecule has 4 rings (SSSR count). The molecule has 1 aliphatic rings. The summed E-state index contributed by atoms with van der Waals surface area (Å²) < 4.78 is 19.4. The largest absolute Gasteiger partial charge is 0.404 e. The molecule has 3 aromatic carbocycles. The first-order valence-electron chi connectivity index (χ1n) is 12.0. The molecule has 4 heteroatoms. The molecule has 1 fully saturated rings. The molecule has 0 spiro atoms. The zero-order valence-corrected chi connectivity index (χ0v) is 21.1. The maximum Gasteiger partial charge on any atom is 0.261 e. The van der Waals surface area contributed by atoms with Crippen LogP contribution in [0.3, 0.4) is 0 Å². The summed E-state index contributed by atoms with van der Waals surface area (Å²) in [5.41, 5.74) is 1.19. The Hall–Kier alpha value is -2.24. The third-order valence-electron chi connectivity index (χ3n) is 6.49. The highest BCUT2D eigenvalue weighted by molar-refractivity contribution is 6.99. The van der Waals surface area contributed by atoms with E-state index in [2.05, 4.69) is 93.6 Å². The molecule has 0 bridgehead atoms. The van der Waals surface area contributed by atoms with Crippen molar-refractivity contribution in [2.75, 3.05) is 13.2 Å². The highest BCUT2D eigenvalue weighted by Gasteiger charge is 2.51. The van der Waals surface area contributed by atoms with E-state index in [1.165, 1.54) is 15.9 Å². The van der Waals surface area contributed by atoms with Crippen LogP contribution in [-0.2, 0) is 20.5 Å². The molecule has 0 N–H and O–H groups in total. The third-order valence-corrected chi connectivity index (χ3v) is 11.6. The van der Waals surface area contributed by atoms with Crippen molar-refractivity contribution in [3.8, 4) is 0 Å². The van der Waals surface area contributed by atoms with Crippen molar-refractivity contribution in [1.29, 1.82) is 0 Å². The lowest BCUT2D eigenvalue weighted by atomic mass is 10.1. The first-order chi connectivity index (χ1) is 16.0. The van der Waals surface area contributed by atoms with Crippen molar-refractivity contribution in [1.82, 2.24) is 0 Å². The van der Waals surface area contributed by atoms with E-state index in [9.17, 15) is 0 Å². The molecule has 1 aliphatic heterocycles. The van der Waals surface area contributed by atoms with Crippen LogP contribution in [0.25, 0.3) is 0 Å². The average molecular weight is 461 g/mol. The fourth-order valence-corrected chi connectivity index (χ4v) is 9.62. The zero-order chi connectivity index (χ0) is 23.2. The van der Waals surface area contributed by atoms with E-state index in [4.69, 9.17) is 13.9 Å². The van der Waals surface area contributed by atoms with Gasteiger partial charge in [0.1, 0.15) is 0 Å². The number of hydrogen-bond donors (Lipinski definition) is 0. The Bertz CT molecular complexity index is 931. The Kier molecular flexibility index (Phi) is 7.81. The van der Waals surface area contributed by atoms with Crippen molar-refractivity contribution >= 4 is 18.7 Å². The molecule has 1 heterocycles. The summed E-state index contributed by atoms with van der Waals surface area (Å²) in [5.74, 6) is 0. The predicted molar refractivity (Wildman–Crippen MR) is 138 cm³/mol. The fourth-order valence-electron chi connectivity index (χ4n) is 4.89. The minimum atomic E-state index is -2.55. The van der Waals surface area contributed by atoms with Gasteiger partial charge in [-0.15, -0.1) is 0 Å². The Morgan fingerprint density at radius 2 is 1.36 bits per heavy atom. The van der Waals surface area contributed by atoms with Gasteiger partial charge in [0.25, 0.3) is 8.32 Å². The molecule has 3 nitrogen and oxygen atoms in total. The molecule has 2 unspecified atom stereocenters. The van der Waals surface area contributed by atoms with Gasteiger partial charge in [0.2, 0.25) is 0 Å². The molecule has 0 aromatic heterocycles. The monoisotopic (exact) mass is 460 g/mol. The molecular formula is C29H36O3Si. The van der Waals surface area contributed by atoms with Crippen LogP contribution < -0.4 is 10.4 Å². The molecule has 1 saturated heterocycles. The number of benzene rings is 3. The van der Waals surface area contributed by atoms with Crippen LogP contribution in [0.5, 0.6) is 0 Å². The van der Waals surface area contributed by atoms with Gasteiger partial charge >= 0.3 is 0 Å². The maximum atomic E-state index is 7.31. The smallest absolute Gasteiger partial charge is 0.261 e. The van der Waals surface area contributed by atoms with Crippen molar-refractivity contribution < 1.29 is 13.9 Å². The lowest BCUT2D eigenvalue weighted by molar-refractivity contribution is -0.0774. The van der Waals surface area contributed by atoms with Crippen LogP contribution in [0.4, 0.5) is 0 Å². The van der Waals surface area contributed by atoms with E-state index in [-0.39, 0.29) is 17.2 Å². The Balaban J connectivity index is 1.53. The lowest BCUT2D eigenvalue weighted by Crippen LogP contribution is -2.68. The second-order valence-corrected chi connectivity index (χ2v) is 14.2. The van der Waals surface area contributed by atoms with Gasteiger partial charge in [0.15, 0.2) is 0 Å². The summed E-state index contributed by atoms with van der Waals surface area (Å²) >= 11 is 0. The molecule has 174 valence electrons. The van der Waals surface area contributed by atoms with E-state index in [1.807, 2.05) is 18.2 Å². The van der Waals surface area contributed by atoms with Gasteiger partial charge < -0.3 is 13.9 Å². The van der Waals surface area contributed by atoms with E-state index in [0.717, 1.165) is 12.8 Å². The third kappa shape index (κ3) is 5.64. The van der Waals surface area contributed by atoms with Gasteiger partial charge in [-0.05, 0) is 27.4 Å². The second-order valence-electron chi connectivity index (χ2n) is 9.92. The standard InChI is InChI=1S/C29H36O3Si/c1-29(2,3)33(27-15-9-5-10-16-27,28-17-11-6-12-18-28)32-25-19-20-31-26(21-25)23-30-22-24-13-7-4-8-14-24/h4-18,25-26H,19-23H2,1-3H3. The lowest BCUT2D eigenvalue weighted by Gasteiger charge is -2.46. The molecule has 0 aliphatic carbocycles. The van der Waals surface area contributed by atoms with Gasteiger partial charge in [0, 0.05) is 13.0 Å². The highest BCUT2D eigenvalue weighted by Crippen LogP contribution is 2.38. The predicted octanol–water partition coefficient (Wildman–Crippen LogP) is 5.33. The maximum absolute atomic E-state index is 7.31. The summed E-state index contributed by atoms with van der Waals surface area (Å²) in [6.07, 6.45) is 1.99. The summed E-state index contributed by atoms with van der Waals surface area (Å²) in [4.78, 5) is 0. The zero-order valence-electron chi connectivity index (χ0n) is 20.1. The fraction of sp³-hybridized carbons (Fsp3) is 0.379. The summed E-state index contributed by atoms with van der Waals surface area (Å²) in [6.45, 7) is 8.91. The van der Waals surface area contributed by atoms with Gasteiger partial charge in [0.05, 0.1) is 25.4 Å². The van der Waals surface area contributed by atoms with E-state index < -0.39 is 8.32 Å². The summed E-state index contributed by atoms with van der Waals surface area (Å²) in [5, 5.41) is 2.63. The average Bonchev–Trinajstić information content (AvgIpc) is 2.84. The Morgan fingerprint density at radius 3 is 1.91 bits per heavy atom. The topological polar surface area (TPSA) is 27.7 Å². The minimum absolute atomic E-state index is 0.0205. The van der Waals surface area contributed by atoms with Crippen LogP contribution >= 0.6 is 0 Å². The van der Waals surface area contributed by atoms with Gasteiger partial charge in [-0.1, -0.05) is 112 Å². The molecule has 0 radical (unpaired) electrons. The number of hydrogen-bond acceptors (Lipinski definition) is 3. The summed E-state index contributed by atoms with van der Waals surface area (Å²) in [7, 11) is -2.55. The van der Waals surface area contributed by atoms with E-state index >= 15 is 0 Å². The van der Waals surface area contributed by atoms with Gasteiger partial charge in [-0.2, -0.15) is 0 Å². The molecule has 33 heavy (non-hydrogen) atoms. The van der Waals surface area contributed by atoms with Crippen LogP contribution in [0.2, 0.25) is 5.04 Å². The second kappa shape index (κ2) is 10.8. The van der Waals surface area contributed by atoms with Crippen molar-refractivity contribution in [2.24, 2.45) is 0 Å². The minimum Gasteiger partial charge on any atom is -0.404 e. The van der Waals surface area contributed by atoms with Gasteiger partial charge in [-0.3, -0.25) is 0 Å². The number of rotatable bonds is 8.